The summed E-state index contributed by atoms with van der Waals surface area (Å²) in [7, 11) is -9.54. The molecule has 0 aliphatic rings. The smallest absolute Gasteiger partial charge is 0.296 e. The number of pyridine rings is 1. The highest BCUT2D eigenvalue weighted by molar-refractivity contribution is 7.94. The van der Waals surface area contributed by atoms with Crippen molar-refractivity contribution < 1.29 is 39.1 Å². The fraction of sp³-hybridized carbons (Fsp3) is 0.296. The molecule has 0 unspecified atom stereocenters. The standard InChI is InChI=1S/C27H34N8O9S3/c1-5-45(36,37)16-14-35(3)27-24(28)18(2)25(26(30-27)29-13-6-15-44-4)34-33-22-12-9-20(17-23(22)47(41,42)43)32-31-19-7-10-21(11-8-19)46(38,39)40/h5,7-12,17H,1,6,13-16,28H2,2-4H3,(H,29,30)(H,38,39,40)(H,41,42,43). The number of nitrogen functional groups attached to an aromatic ring is 1. The monoisotopic (exact) mass is 710 g/mol. The molecule has 0 amide bonds. The van der Waals surface area contributed by atoms with Crippen LogP contribution in [-0.2, 0) is 34.8 Å². The van der Waals surface area contributed by atoms with E-state index in [9.17, 15) is 29.8 Å². The minimum Gasteiger partial charge on any atom is -0.395 e. The number of hydrogen-bond donors (Lipinski definition) is 4. The number of aromatic nitrogens is 1. The van der Waals surface area contributed by atoms with Gasteiger partial charge in [-0.25, -0.2) is 13.4 Å². The van der Waals surface area contributed by atoms with Crippen molar-refractivity contribution in [3.8, 4) is 0 Å². The largest absolute Gasteiger partial charge is 0.395 e. The molecule has 0 atom stereocenters. The number of nitrogens with one attached hydrogen (secondary N) is 1. The second-order valence-electron chi connectivity index (χ2n) is 9.90. The average Bonchev–Trinajstić information content (AvgIpc) is 3.01. The van der Waals surface area contributed by atoms with Crippen LogP contribution in [0.2, 0.25) is 0 Å². The Morgan fingerprint density at radius 1 is 0.979 bits per heavy atom. The maximum atomic E-state index is 12.3. The van der Waals surface area contributed by atoms with Gasteiger partial charge in [0.1, 0.15) is 16.3 Å². The van der Waals surface area contributed by atoms with E-state index in [4.69, 9.17) is 15.0 Å². The molecule has 47 heavy (non-hydrogen) atoms. The summed E-state index contributed by atoms with van der Waals surface area (Å²) in [6, 6.07) is 8.37. The molecule has 0 radical (unpaired) electrons. The zero-order chi connectivity index (χ0) is 35.0. The maximum absolute atomic E-state index is 12.3. The number of rotatable bonds is 16. The van der Waals surface area contributed by atoms with Crippen LogP contribution >= 0.6 is 0 Å². The Balaban J connectivity index is 2.00. The Morgan fingerprint density at radius 2 is 1.62 bits per heavy atom. The quantitative estimate of drug-likeness (QED) is 0.0891. The van der Waals surface area contributed by atoms with Gasteiger partial charge in [0.05, 0.1) is 27.7 Å². The van der Waals surface area contributed by atoms with E-state index in [1.807, 2.05) is 0 Å². The first kappa shape index (κ1) is 37.1. The third-order valence-electron chi connectivity index (χ3n) is 6.48. The van der Waals surface area contributed by atoms with E-state index >= 15 is 0 Å². The molecule has 20 heteroatoms. The molecule has 0 saturated carbocycles. The lowest BCUT2D eigenvalue weighted by atomic mass is 10.2. The van der Waals surface area contributed by atoms with Crippen molar-refractivity contribution in [2.24, 2.45) is 20.5 Å². The van der Waals surface area contributed by atoms with Gasteiger partial charge in [0.15, 0.2) is 21.5 Å². The number of ether oxygens (including phenoxy) is 1. The van der Waals surface area contributed by atoms with Gasteiger partial charge < -0.3 is 20.7 Å². The summed E-state index contributed by atoms with van der Waals surface area (Å²) in [5, 5.41) is 20.1. The fourth-order valence-corrected chi connectivity index (χ4v) is 5.68. The lowest BCUT2D eigenvalue weighted by Gasteiger charge is -2.23. The molecule has 3 aromatic rings. The highest BCUT2D eigenvalue weighted by Gasteiger charge is 2.21. The van der Waals surface area contributed by atoms with Gasteiger partial charge >= 0.3 is 0 Å². The van der Waals surface area contributed by atoms with Gasteiger partial charge in [-0.3, -0.25) is 9.11 Å². The molecule has 0 saturated heterocycles. The van der Waals surface area contributed by atoms with Crippen LogP contribution in [0.5, 0.6) is 0 Å². The number of nitrogens with two attached hydrogens (primary N) is 1. The first-order valence-electron chi connectivity index (χ1n) is 13.6. The van der Waals surface area contributed by atoms with Gasteiger partial charge in [0, 0.05) is 44.8 Å². The molecule has 2 aromatic carbocycles. The fourth-order valence-electron chi connectivity index (χ4n) is 3.86. The van der Waals surface area contributed by atoms with Gasteiger partial charge in [-0.2, -0.15) is 27.1 Å². The van der Waals surface area contributed by atoms with E-state index in [0.717, 1.165) is 23.6 Å². The molecule has 0 aliphatic carbocycles. The van der Waals surface area contributed by atoms with Crippen LogP contribution in [0.3, 0.4) is 0 Å². The SMILES string of the molecule is C=CS(=O)(=O)CCN(C)c1nc(NCCCOC)c(N=Nc2ccc(N=Nc3ccc(S(=O)(=O)O)cc3)cc2S(=O)(=O)O)c(C)c1N. The number of azo groups is 2. The number of benzene rings is 2. The average molecular weight is 711 g/mol. The van der Waals surface area contributed by atoms with E-state index in [-0.39, 0.29) is 57.3 Å². The number of nitrogens with zero attached hydrogens (tertiary/aromatic N) is 6. The molecule has 0 aliphatic heterocycles. The van der Waals surface area contributed by atoms with E-state index < -0.39 is 35.0 Å². The van der Waals surface area contributed by atoms with Crippen molar-refractivity contribution in [1.82, 2.24) is 4.98 Å². The van der Waals surface area contributed by atoms with E-state index in [2.05, 4.69) is 37.3 Å². The number of anilines is 3. The summed E-state index contributed by atoms with van der Waals surface area (Å²) in [6.45, 7) is 5.86. The van der Waals surface area contributed by atoms with Gasteiger partial charge in [-0.1, -0.05) is 6.58 Å². The molecule has 254 valence electrons. The Morgan fingerprint density at radius 3 is 2.21 bits per heavy atom. The summed E-state index contributed by atoms with van der Waals surface area (Å²) < 4.78 is 95.0. The van der Waals surface area contributed by atoms with Crippen LogP contribution in [0.1, 0.15) is 12.0 Å². The van der Waals surface area contributed by atoms with Crippen molar-refractivity contribution in [1.29, 1.82) is 0 Å². The molecule has 5 N–H and O–H groups in total. The lowest BCUT2D eigenvalue weighted by Crippen LogP contribution is -2.27. The van der Waals surface area contributed by atoms with Crippen molar-refractivity contribution in [3.05, 3.63) is 60.0 Å². The number of methoxy groups -OCH3 is 1. The summed E-state index contributed by atoms with van der Waals surface area (Å²) in [6.07, 6.45) is 0.592. The number of sulfone groups is 1. The Kier molecular flexibility index (Phi) is 12.2. The third kappa shape index (κ3) is 10.3. The van der Waals surface area contributed by atoms with E-state index in [1.165, 1.54) is 24.3 Å². The van der Waals surface area contributed by atoms with Gasteiger partial charge in [-0.05, 0) is 55.8 Å². The van der Waals surface area contributed by atoms with Crippen LogP contribution in [-0.4, -0.2) is 78.9 Å². The molecular formula is C27H34N8O9S3. The molecule has 1 aromatic heterocycles. The van der Waals surface area contributed by atoms with Crippen molar-refractivity contribution in [2.45, 2.75) is 23.1 Å². The van der Waals surface area contributed by atoms with Crippen LogP contribution < -0.4 is 16.0 Å². The highest BCUT2D eigenvalue weighted by Crippen LogP contribution is 2.39. The Labute approximate surface area is 272 Å². The zero-order valence-electron chi connectivity index (χ0n) is 25.6. The molecule has 0 spiro atoms. The molecule has 3 rings (SSSR count). The number of hydrogen-bond acceptors (Lipinski definition) is 15. The normalized spacial score (nSPS) is 12.5. The van der Waals surface area contributed by atoms with Gasteiger partial charge in [0.25, 0.3) is 20.2 Å². The zero-order valence-corrected chi connectivity index (χ0v) is 28.0. The molecular weight excluding hydrogens is 677 g/mol. The summed E-state index contributed by atoms with van der Waals surface area (Å²) in [5.74, 6) is 0.277. The van der Waals surface area contributed by atoms with Crippen LogP contribution in [0.15, 0.2) is 84.7 Å². The molecule has 17 nitrogen and oxygen atoms in total. The second kappa shape index (κ2) is 15.5. The second-order valence-corrected chi connectivity index (χ2v) is 14.8. The van der Waals surface area contributed by atoms with E-state index in [0.29, 0.717) is 25.1 Å². The highest BCUT2D eigenvalue weighted by atomic mass is 32.2. The van der Waals surface area contributed by atoms with Gasteiger partial charge in [0.2, 0.25) is 0 Å². The first-order chi connectivity index (χ1) is 22.0. The lowest BCUT2D eigenvalue weighted by molar-refractivity contribution is 0.198. The van der Waals surface area contributed by atoms with Crippen molar-refractivity contribution >= 4 is 70.1 Å². The first-order valence-corrected chi connectivity index (χ1v) is 18.2. The predicted molar refractivity (Wildman–Crippen MR) is 176 cm³/mol. The van der Waals surface area contributed by atoms with Crippen LogP contribution in [0, 0.1) is 6.92 Å². The van der Waals surface area contributed by atoms with Crippen molar-refractivity contribution in [2.75, 3.05) is 55.6 Å². The van der Waals surface area contributed by atoms with Crippen molar-refractivity contribution in [3.63, 3.8) is 0 Å². The van der Waals surface area contributed by atoms with Crippen LogP contribution in [0.25, 0.3) is 0 Å². The summed E-state index contributed by atoms with van der Waals surface area (Å²) in [4.78, 5) is 5.15. The molecule has 0 fully saturated rings. The van der Waals surface area contributed by atoms with Crippen LogP contribution in [0.4, 0.5) is 40.1 Å². The van der Waals surface area contributed by atoms with E-state index in [1.54, 1.807) is 26.0 Å². The Bertz CT molecular complexity index is 2000. The van der Waals surface area contributed by atoms with Gasteiger partial charge in [-0.15, -0.1) is 10.2 Å². The third-order valence-corrected chi connectivity index (χ3v) is 9.49. The molecule has 1 heterocycles. The Hall–Kier alpha value is -4.34. The summed E-state index contributed by atoms with van der Waals surface area (Å²) >= 11 is 0. The minimum atomic E-state index is -4.84. The predicted octanol–water partition coefficient (Wildman–Crippen LogP) is 4.74. The molecule has 0 bridgehead atoms. The summed E-state index contributed by atoms with van der Waals surface area (Å²) in [5.41, 5.74) is 7.07. The minimum absolute atomic E-state index is 0.00359. The topological polar surface area (TPSA) is 256 Å². The maximum Gasteiger partial charge on any atom is 0.296 e.